The summed E-state index contributed by atoms with van der Waals surface area (Å²) < 4.78 is 13.2. The van der Waals surface area contributed by atoms with Gasteiger partial charge in [0.2, 0.25) is 0 Å². The number of nitrogens with zero attached hydrogens (tertiary/aromatic N) is 2. The first-order valence-corrected chi connectivity index (χ1v) is 6.03. The van der Waals surface area contributed by atoms with E-state index < -0.39 is 23.9 Å². The van der Waals surface area contributed by atoms with Crippen molar-refractivity contribution in [3.63, 3.8) is 0 Å². The first-order valence-electron chi connectivity index (χ1n) is 6.03. The van der Waals surface area contributed by atoms with E-state index in [2.05, 4.69) is 5.32 Å². The van der Waals surface area contributed by atoms with Gasteiger partial charge in [-0.25, -0.2) is 14.0 Å². The van der Waals surface area contributed by atoms with Crippen molar-refractivity contribution in [1.82, 2.24) is 4.90 Å². The Morgan fingerprint density at radius 3 is 2.90 bits per heavy atom. The molecule has 1 saturated heterocycles. The van der Waals surface area contributed by atoms with Crippen molar-refractivity contribution in [3.05, 3.63) is 29.6 Å². The minimum atomic E-state index is -1.05. The summed E-state index contributed by atoms with van der Waals surface area (Å²) in [6.45, 7) is 0.356. The molecule has 20 heavy (non-hydrogen) atoms. The van der Waals surface area contributed by atoms with Gasteiger partial charge in [-0.3, -0.25) is 0 Å². The summed E-state index contributed by atoms with van der Waals surface area (Å²) in [5.74, 6) is -1.72. The Balaban J connectivity index is 2.12. The van der Waals surface area contributed by atoms with Gasteiger partial charge in [-0.2, -0.15) is 5.26 Å². The number of aliphatic carboxylic acids is 1. The first kappa shape index (κ1) is 13.8. The standard InChI is InChI=1S/C13H12FN3O3/c14-10-4-3-9(6-8(10)7-15)16-13(20)17-5-1-2-11(17)12(18)19/h3-4,6,11H,1-2,5H2,(H,16,20)(H,18,19). The van der Waals surface area contributed by atoms with Gasteiger partial charge >= 0.3 is 12.0 Å². The lowest BCUT2D eigenvalue weighted by Crippen LogP contribution is -2.42. The molecule has 0 bridgehead atoms. The van der Waals surface area contributed by atoms with Crippen LogP contribution in [-0.4, -0.2) is 34.6 Å². The second-order valence-corrected chi connectivity index (χ2v) is 4.43. The van der Waals surface area contributed by atoms with E-state index in [0.717, 1.165) is 6.07 Å². The smallest absolute Gasteiger partial charge is 0.326 e. The molecule has 1 aliphatic heterocycles. The van der Waals surface area contributed by atoms with Gasteiger partial charge in [0.05, 0.1) is 5.56 Å². The maximum atomic E-state index is 13.2. The third-order valence-electron chi connectivity index (χ3n) is 3.14. The fourth-order valence-corrected chi connectivity index (χ4v) is 2.15. The molecule has 2 amide bonds. The molecule has 0 aromatic heterocycles. The summed E-state index contributed by atoms with van der Waals surface area (Å²) in [5, 5.41) is 20.2. The van der Waals surface area contributed by atoms with Crippen molar-refractivity contribution < 1.29 is 19.1 Å². The van der Waals surface area contributed by atoms with Crippen LogP contribution < -0.4 is 5.32 Å². The molecular weight excluding hydrogens is 265 g/mol. The lowest BCUT2D eigenvalue weighted by molar-refractivity contribution is -0.141. The number of halogens is 1. The topological polar surface area (TPSA) is 93.4 Å². The highest BCUT2D eigenvalue weighted by Crippen LogP contribution is 2.20. The normalized spacial score (nSPS) is 17.6. The van der Waals surface area contributed by atoms with Gasteiger partial charge in [-0.1, -0.05) is 0 Å². The van der Waals surface area contributed by atoms with E-state index in [4.69, 9.17) is 10.4 Å². The van der Waals surface area contributed by atoms with Crippen LogP contribution >= 0.6 is 0 Å². The number of hydrogen-bond donors (Lipinski definition) is 2. The monoisotopic (exact) mass is 277 g/mol. The molecule has 2 N–H and O–H groups in total. The molecule has 1 aromatic carbocycles. The Morgan fingerprint density at radius 1 is 1.50 bits per heavy atom. The number of carbonyl (C=O) groups excluding carboxylic acids is 1. The molecule has 1 heterocycles. The van der Waals surface area contributed by atoms with E-state index in [1.807, 2.05) is 0 Å². The molecule has 7 heteroatoms. The van der Waals surface area contributed by atoms with E-state index in [1.165, 1.54) is 17.0 Å². The fraction of sp³-hybridized carbons (Fsp3) is 0.308. The number of carboxylic acids is 1. The van der Waals surface area contributed by atoms with E-state index in [-0.39, 0.29) is 11.3 Å². The molecule has 1 fully saturated rings. The van der Waals surface area contributed by atoms with Gasteiger partial charge in [-0.15, -0.1) is 0 Å². The average molecular weight is 277 g/mol. The predicted molar refractivity (Wildman–Crippen MR) is 67.5 cm³/mol. The number of hydrogen-bond acceptors (Lipinski definition) is 3. The number of likely N-dealkylation sites (tertiary alicyclic amines) is 1. The molecule has 104 valence electrons. The highest BCUT2D eigenvalue weighted by Gasteiger charge is 2.33. The minimum absolute atomic E-state index is 0.181. The summed E-state index contributed by atoms with van der Waals surface area (Å²) in [6, 6.07) is 3.87. The zero-order valence-electron chi connectivity index (χ0n) is 10.5. The Kier molecular flexibility index (Phi) is 3.84. The van der Waals surface area contributed by atoms with Crippen molar-refractivity contribution in [3.8, 4) is 6.07 Å². The lowest BCUT2D eigenvalue weighted by atomic mass is 10.2. The largest absolute Gasteiger partial charge is 0.480 e. The Hall–Kier alpha value is -2.62. The van der Waals surface area contributed by atoms with E-state index >= 15 is 0 Å². The summed E-state index contributed by atoms with van der Waals surface area (Å²) in [6.07, 6.45) is 1.03. The number of amides is 2. The first-order chi connectivity index (χ1) is 9.52. The van der Waals surface area contributed by atoms with Gasteiger partial charge in [-0.05, 0) is 31.0 Å². The molecule has 1 aliphatic rings. The SMILES string of the molecule is N#Cc1cc(NC(=O)N2CCCC2C(=O)O)ccc1F. The molecule has 6 nitrogen and oxygen atoms in total. The van der Waals surface area contributed by atoms with Crippen LogP contribution in [0.2, 0.25) is 0 Å². The predicted octanol–water partition coefficient (Wildman–Crippen LogP) is 1.78. The number of carboxylic acid groups (broad SMARTS) is 1. The number of urea groups is 1. The van der Waals surface area contributed by atoms with Gasteiger partial charge in [0.1, 0.15) is 17.9 Å². The van der Waals surface area contributed by atoms with Crippen molar-refractivity contribution >= 4 is 17.7 Å². The highest BCUT2D eigenvalue weighted by molar-refractivity contribution is 5.92. The lowest BCUT2D eigenvalue weighted by Gasteiger charge is -2.21. The van der Waals surface area contributed by atoms with Gasteiger partial charge in [0, 0.05) is 12.2 Å². The molecule has 1 atom stereocenters. The minimum Gasteiger partial charge on any atom is -0.480 e. The fourth-order valence-electron chi connectivity index (χ4n) is 2.15. The number of anilines is 1. The quantitative estimate of drug-likeness (QED) is 0.861. The zero-order chi connectivity index (χ0) is 14.7. The van der Waals surface area contributed by atoms with Crippen LogP contribution in [0.3, 0.4) is 0 Å². The van der Waals surface area contributed by atoms with Crippen LogP contribution in [0.4, 0.5) is 14.9 Å². The number of carbonyl (C=O) groups is 2. The van der Waals surface area contributed by atoms with E-state index in [9.17, 15) is 14.0 Å². The van der Waals surface area contributed by atoms with Crippen molar-refractivity contribution in [1.29, 1.82) is 5.26 Å². The molecular formula is C13H12FN3O3. The molecule has 0 saturated carbocycles. The van der Waals surface area contributed by atoms with Crippen LogP contribution in [0, 0.1) is 17.1 Å². The maximum Gasteiger partial charge on any atom is 0.326 e. The number of nitriles is 1. The average Bonchev–Trinajstić information content (AvgIpc) is 2.90. The molecule has 0 aliphatic carbocycles. The third-order valence-corrected chi connectivity index (χ3v) is 3.14. The second kappa shape index (κ2) is 5.57. The summed E-state index contributed by atoms with van der Waals surface area (Å²) in [5.41, 5.74) is 0.0722. The Bertz CT molecular complexity index is 597. The number of benzene rings is 1. The summed E-state index contributed by atoms with van der Waals surface area (Å²) >= 11 is 0. The highest BCUT2D eigenvalue weighted by atomic mass is 19.1. The summed E-state index contributed by atoms with van der Waals surface area (Å²) in [4.78, 5) is 24.2. The number of nitrogens with one attached hydrogen (secondary N) is 1. The van der Waals surface area contributed by atoms with Crippen molar-refractivity contribution in [2.24, 2.45) is 0 Å². The van der Waals surface area contributed by atoms with E-state index in [0.29, 0.717) is 19.4 Å². The van der Waals surface area contributed by atoms with E-state index in [1.54, 1.807) is 6.07 Å². The molecule has 1 unspecified atom stereocenters. The van der Waals surface area contributed by atoms with Gasteiger partial charge in [0.25, 0.3) is 0 Å². The van der Waals surface area contributed by atoms with Crippen LogP contribution in [0.1, 0.15) is 18.4 Å². The molecule has 0 radical (unpaired) electrons. The molecule has 2 rings (SSSR count). The van der Waals surface area contributed by atoms with Crippen LogP contribution in [0.25, 0.3) is 0 Å². The van der Waals surface area contributed by atoms with Gasteiger partial charge in [0.15, 0.2) is 0 Å². The maximum absolute atomic E-state index is 13.2. The third kappa shape index (κ3) is 2.69. The Labute approximate surface area is 114 Å². The van der Waals surface area contributed by atoms with Crippen molar-refractivity contribution in [2.75, 3.05) is 11.9 Å². The Morgan fingerprint density at radius 2 is 2.25 bits per heavy atom. The second-order valence-electron chi connectivity index (χ2n) is 4.43. The zero-order valence-corrected chi connectivity index (χ0v) is 10.5. The van der Waals surface area contributed by atoms with Crippen molar-refractivity contribution in [2.45, 2.75) is 18.9 Å². The number of rotatable bonds is 2. The van der Waals surface area contributed by atoms with Crippen LogP contribution in [0.15, 0.2) is 18.2 Å². The molecule has 1 aromatic rings. The van der Waals surface area contributed by atoms with Gasteiger partial charge < -0.3 is 15.3 Å². The van der Waals surface area contributed by atoms with Crippen LogP contribution in [0.5, 0.6) is 0 Å². The molecule has 0 spiro atoms. The van der Waals surface area contributed by atoms with Crippen LogP contribution in [-0.2, 0) is 4.79 Å². The summed E-state index contributed by atoms with van der Waals surface area (Å²) in [7, 11) is 0.